The Bertz CT molecular complexity index is 673. The Morgan fingerprint density at radius 2 is 1.95 bits per heavy atom. The average molecular weight is 453 g/mol. The van der Waals surface area contributed by atoms with Gasteiger partial charge in [0.25, 0.3) is 0 Å². The van der Waals surface area contributed by atoms with Crippen LogP contribution in [-0.2, 0) is 0 Å². The van der Waals surface area contributed by atoms with E-state index in [0.717, 1.165) is 8.04 Å². The molecule has 0 aliphatic rings. The molecule has 2 aromatic carbocycles. The van der Waals surface area contributed by atoms with Crippen molar-refractivity contribution in [3.63, 3.8) is 0 Å². The maximum atomic E-state index is 13.4. The predicted molar refractivity (Wildman–Crippen MR) is 86.4 cm³/mol. The second kappa shape index (κ2) is 5.89. The first-order valence-electron chi connectivity index (χ1n) is 5.35. The quantitative estimate of drug-likeness (QED) is 0.441. The zero-order valence-electron chi connectivity index (χ0n) is 9.81. The molecule has 0 amide bonds. The number of hydrogen-bond donors (Lipinski definition) is 0. The smallest absolute Gasteiger partial charge is 0.195 e. The first-order chi connectivity index (χ1) is 8.90. The molecule has 0 radical (unpaired) electrons. The van der Waals surface area contributed by atoms with Crippen LogP contribution in [-0.4, -0.2) is 5.78 Å². The van der Waals surface area contributed by atoms with E-state index in [2.05, 4.69) is 38.5 Å². The van der Waals surface area contributed by atoms with Crippen LogP contribution in [0.3, 0.4) is 0 Å². The van der Waals surface area contributed by atoms with E-state index in [1.54, 1.807) is 13.0 Å². The fourth-order valence-corrected chi connectivity index (χ4v) is 2.83. The highest BCUT2D eigenvalue weighted by molar-refractivity contribution is 14.1. The minimum atomic E-state index is -0.412. The van der Waals surface area contributed by atoms with Gasteiger partial charge < -0.3 is 0 Å². The lowest BCUT2D eigenvalue weighted by Gasteiger charge is -2.08. The van der Waals surface area contributed by atoms with Crippen molar-refractivity contribution in [2.45, 2.75) is 6.92 Å². The standard InChI is InChI=1S/C14H8BrClFIO/c1-7-4-9(11(16)6-12(7)17)14(19)10-5-8(15)2-3-13(10)18/h2-6H,1H3. The molecule has 0 aromatic heterocycles. The first-order valence-corrected chi connectivity index (χ1v) is 7.60. The van der Waals surface area contributed by atoms with Gasteiger partial charge in [-0.1, -0.05) is 27.5 Å². The van der Waals surface area contributed by atoms with Crippen LogP contribution in [0.25, 0.3) is 0 Å². The van der Waals surface area contributed by atoms with E-state index < -0.39 is 5.82 Å². The van der Waals surface area contributed by atoms with Gasteiger partial charge >= 0.3 is 0 Å². The summed E-state index contributed by atoms with van der Waals surface area (Å²) in [4.78, 5) is 12.5. The summed E-state index contributed by atoms with van der Waals surface area (Å²) in [6.07, 6.45) is 0. The van der Waals surface area contributed by atoms with Gasteiger partial charge in [-0.05, 0) is 65.4 Å². The van der Waals surface area contributed by atoms with E-state index in [1.807, 2.05) is 12.1 Å². The van der Waals surface area contributed by atoms with Crippen molar-refractivity contribution in [2.75, 3.05) is 0 Å². The van der Waals surface area contributed by atoms with Gasteiger partial charge in [-0.25, -0.2) is 4.39 Å². The predicted octanol–water partition coefficient (Wildman–Crippen LogP) is 5.39. The van der Waals surface area contributed by atoms with Crippen molar-refractivity contribution in [1.82, 2.24) is 0 Å². The maximum Gasteiger partial charge on any atom is 0.195 e. The Morgan fingerprint density at radius 3 is 2.63 bits per heavy atom. The molecule has 0 aliphatic carbocycles. The summed E-state index contributed by atoms with van der Waals surface area (Å²) in [7, 11) is 0. The van der Waals surface area contributed by atoms with Crippen molar-refractivity contribution < 1.29 is 9.18 Å². The summed E-state index contributed by atoms with van der Waals surface area (Å²) in [6, 6.07) is 8.09. The Morgan fingerprint density at radius 1 is 1.26 bits per heavy atom. The van der Waals surface area contributed by atoms with E-state index in [-0.39, 0.29) is 10.8 Å². The minimum Gasteiger partial charge on any atom is -0.289 e. The van der Waals surface area contributed by atoms with Crippen LogP contribution < -0.4 is 0 Å². The van der Waals surface area contributed by atoms with Gasteiger partial charge in [0.15, 0.2) is 5.78 Å². The molecule has 0 saturated carbocycles. The lowest BCUT2D eigenvalue weighted by atomic mass is 10.0. The van der Waals surface area contributed by atoms with Gasteiger partial charge in [0.2, 0.25) is 0 Å². The first kappa shape index (κ1) is 14.9. The molecule has 0 bridgehead atoms. The second-order valence-corrected chi connectivity index (χ2v) is 6.52. The topological polar surface area (TPSA) is 17.1 Å². The third-order valence-electron chi connectivity index (χ3n) is 2.67. The van der Waals surface area contributed by atoms with E-state index in [1.165, 1.54) is 12.1 Å². The van der Waals surface area contributed by atoms with Gasteiger partial charge in [-0.2, -0.15) is 0 Å². The molecule has 2 aromatic rings. The average Bonchev–Trinajstić information content (AvgIpc) is 2.36. The molecule has 0 saturated heterocycles. The molecule has 19 heavy (non-hydrogen) atoms. The van der Waals surface area contributed by atoms with Crippen molar-refractivity contribution in [3.05, 3.63) is 65.9 Å². The fourth-order valence-electron chi connectivity index (χ4n) is 1.65. The molecule has 0 heterocycles. The van der Waals surface area contributed by atoms with Gasteiger partial charge in [0, 0.05) is 19.2 Å². The zero-order valence-corrected chi connectivity index (χ0v) is 14.3. The maximum absolute atomic E-state index is 13.4. The van der Waals surface area contributed by atoms with E-state index in [0.29, 0.717) is 16.7 Å². The van der Waals surface area contributed by atoms with Crippen LogP contribution in [0.1, 0.15) is 21.5 Å². The van der Waals surface area contributed by atoms with Crippen molar-refractivity contribution >= 4 is 55.9 Å². The number of hydrogen-bond acceptors (Lipinski definition) is 1. The third-order valence-corrected chi connectivity index (χ3v) is 4.41. The van der Waals surface area contributed by atoms with Crippen LogP contribution in [0.5, 0.6) is 0 Å². The number of carbonyl (C=O) groups excluding carboxylic acids is 1. The molecular weight excluding hydrogens is 445 g/mol. The molecule has 0 spiro atoms. The Balaban J connectivity index is 2.56. The number of benzene rings is 2. The van der Waals surface area contributed by atoms with E-state index >= 15 is 0 Å². The number of rotatable bonds is 2. The molecule has 98 valence electrons. The summed E-state index contributed by atoms with van der Waals surface area (Å²) in [5, 5.41) is 0.129. The van der Waals surface area contributed by atoms with Gasteiger partial charge in [-0.15, -0.1) is 0 Å². The molecule has 0 fully saturated rings. The summed E-state index contributed by atoms with van der Waals surface area (Å²) in [5.74, 6) is -0.621. The largest absolute Gasteiger partial charge is 0.289 e. The monoisotopic (exact) mass is 452 g/mol. The summed E-state index contributed by atoms with van der Waals surface area (Å²) in [6.45, 7) is 1.61. The highest BCUT2D eigenvalue weighted by atomic mass is 127. The number of halogens is 4. The molecule has 2 rings (SSSR count). The Hall–Kier alpha value is -0.460. The van der Waals surface area contributed by atoms with Gasteiger partial charge in [0.05, 0.1) is 5.02 Å². The second-order valence-electron chi connectivity index (χ2n) is 4.03. The lowest BCUT2D eigenvalue weighted by Crippen LogP contribution is -2.06. The Kier molecular flexibility index (Phi) is 4.63. The van der Waals surface area contributed by atoms with Crippen molar-refractivity contribution in [1.29, 1.82) is 0 Å². The fraction of sp³-hybridized carbons (Fsp3) is 0.0714. The number of ketones is 1. The Labute approximate surface area is 137 Å². The van der Waals surface area contributed by atoms with E-state index in [9.17, 15) is 9.18 Å². The lowest BCUT2D eigenvalue weighted by molar-refractivity contribution is 0.103. The third kappa shape index (κ3) is 3.17. The number of aryl methyl sites for hydroxylation is 1. The number of carbonyl (C=O) groups is 1. The SMILES string of the molecule is Cc1cc(C(=O)c2cc(Br)ccc2I)c(Cl)cc1F. The molecular formula is C14H8BrClFIO. The zero-order chi connectivity index (χ0) is 14.2. The van der Waals surface area contributed by atoms with Crippen molar-refractivity contribution in [3.8, 4) is 0 Å². The van der Waals surface area contributed by atoms with Crippen LogP contribution in [0.4, 0.5) is 4.39 Å². The molecule has 5 heteroatoms. The molecule has 0 unspecified atom stereocenters. The highest BCUT2D eigenvalue weighted by Gasteiger charge is 2.17. The highest BCUT2D eigenvalue weighted by Crippen LogP contribution is 2.26. The van der Waals surface area contributed by atoms with Crippen LogP contribution >= 0.6 is 50.1 Å². The minimum absolute atomic E-state index is 0.129. The summed E-state index contributed by atoms with van der Waals surface area (Å²) < 4.78 is 15.0. The van der Waals surface area contributed by atoms with Crippen LogP contribution in [0.15, 0.2) is 34.8 Å². The van der Waals surface area contributed by atoms with Crippen molar-refractivity contribution in [2.24, 2.45) is 0 Å². The summed E-state index contributed by atoms with van der Waals surface area (Å²) >= 11 is 11.4. The molecule has 1 nitrogen and oxygen atoms in total. The molecule has 0 N–H and O–H groups in total. The normalized spacial score (nSPS) is 10.6. The van der Waals surface area contributed by atoms with Crippen LogP contribution in [0.2, 0.25) is 5.02 Å². The van der Waals surface area contributed by atoms with Gasteiger partial charge in [-0.3, -0.25) is 4.79 Å². The molecule has 0 aliphatic heterocycles. The summed E-state index contributed by atoms with van der Waals surface area (Å²) in [5.41, 5.74) is 1.26. The van der Waals surface area contributed by atoms with Gasteiger partial charge in [0.1, 0.15) is 5.82 Å². The van der Waals surface area contributed by atoms with E-state index in [4.69, 9.17) is 11.6 Å². The van der Waals surface area contributed by atoms with Crippen LogP contribution in [0, 0.1) is 16.3 Å². The molecule has 0 atom stereocenters.